The molecule has 0 unspecified atom stereocenters. The Labute approximate surface area is 211 Å². The molecule has 0 saturated carbocycles. The molecule has 2 amide bonds. The number of amides is 2. The standard InChI is InChI=1S/C27H24F2N6O2/c1-13-4-8-20-16(12-13)10-11-35-26(32-20)22(25(30)36)24(34-35)18-6-5-17(14(2)23(18)29)27(37)33-21-9-7-19(28)15(3)31-21/h4-9,12,32H,10-11H2,1-3H3,(H2,30,36)(H,31,33,37). The Hall–Kier alpha value is -4.60. The maximum Gasteiger partial charge on any atom is 0.257 e. The number of halogens is 2. The van der Waals surface area contributed by atoms with Crippen LogP contribution < -0.4 is 16.4 Å². The van der Waals surface area contributed by atoms with Gasteiger partial charge in [0.05, 0.1) is 5.69 Å². The van der Waals surface area contributed by atoms with Crippen molar-refractivity contribution < 1.29 is 18.4 Å². The summed E-state index contributed by atoms with van der Waals surface area (Å²) < 4.78 is 30.8. The molecule has 0 fully saturated rings. The van der Waals surface area contributed by atoms with E-state index in [2.05, 4.69) is 26.8 Å². The Balaban J connectivity index is 1.53. The first-order valence-corrected chi connectivity index (χ1v) is 11.6. The molecule has 1 aliphatic heterocycles. The first kappa shape index (κ1) is 24.1. The van der Waals surface area contributed by atoms with Gasteiger partial charge in [-0.2, -0.15) is 5.10 Å². The topological polar surface area (TPSA) is 115 Å². The molecule has 1 aliphatic rings. The zero-order valence-corrected chi connectivity index (χ0v) is 20.4. The predicted octanol–water partition coefficient (Wildman–Crippen LogP) is 4.80. The summed E-state index contributed by atoms with van der Waals surface area (Å²) in [5.74, 6) is -2.03. The molecule has 10 heteroatoms. The normalized spacial score (nSPS) is 12.2. The lowest BCUT2D eigenvalue weighted by Crippen LogP contribution is -2.16. The highest BCUT2D eigenvalue weighted by atomic mass is 19.1. The highest BCUT2D eigenvalue weighted by molar-refractivity contribution is 6.07. The third kappa shape index (κ3) is 4.31. The Kier molecular flexibility index (Phi) is 5.94. The maximum absolute atomic E-state index is 15.7. The SMILES string of the molecule is Cc1ccc2c(c1)CCn1nc(-c3ccc(C(=O)Nc4ccc(F)c(C)n4)c(C)c3F)c(C(N)=O)c1N2. The number of pyridine rings is 1. The Morgan fingerprint density at radius 1 is 1.08 bits per heavy atom. The number of carbonyl (C=O) groups excluding carboxylic acids is 2. The van der Waals surface area contributed by atoms with Crippen molar-refractivity contribution in [1.29, 1.82) is 0 Å². The molecule has 2 aromatic carbocycles. The molecule has 4 N–H and O–H groups in total. The summed E-state index contributed by atoms with van der Waals surface area (Å²) in [6.07, 6.45) is 0.661. The number of benzene rings is 2. The van der Waals surface area contributed by atoms with Crippen LogP contribution in [-0.2, 0) is 13.0 Å². The summed E-state index contributed by atoms with van der Waals surface area (Å²) in [4.78, 5) is 29.4. The summed E-state index contributed by atoms with van der Waals surface area (Å²) in [5.41, 5.74) is 9.20. The number of aryl methyl sites for hydroxylation is 4. The van der Waals surface area contributed by atoms with Crippen LogP contribution in [0, 0.1) is 32.4 Å². The van der Waals surface area contributed by atoms with Crippen molar-refractivity contribution in [2.45, 2.75) is 33.7 Å². The minimum absolute atomic E-state index is 0.0464. The first-order valence-electron chi connectivity index (χ1n) is 11.6. The minimum Gasteiger partial charge on any atom is -0.365 e. The van der Waals surface area contributed by atoms with Gasteiger partial charge < -0.3 is 16.4 Å². The molecule has 8 nitrogen and oxygen atoms in total. The number of nitrogens with one attached hydrogen (secondary N) is 2. The number of hydrogen-bond donors (Lipinski definition) is 3. The van der Waals surface area contributed by atoms with Crippen LogP contribution in [0.4, 0.5) is 26.1 Å². The van der Waals surface area contributed by atoms with Crippen LogP contribution in [0.25, 0.3) is 11.3 Å². The van der Waals surface area contributed by atoms with Crippen molar-refractivity contribution in [2.24, 2.45) is 5.73 Å². The molecular formula is C27H24F2N6O2. The van der Waals surface area contributed by atoms with Crippen molar-refractivity contribution >= 4 is 29.1 Å². The molecular weight excluding hydrogens is 478 g/mol. The van der Waals surface area contributed by atoms with Crippen LogP contribution in [0.5, 0.6) is 0 Å². The number of nitrogens with two attached hydrogens (primary N) is 1. The van der Waals surface area contributed by atoms with E-state index >= 15 is 4.39 Å². The van der Waals surface area contributed by atoms with Gasteiger partial charge in [-0.1, -0.05) is 17.7 Å². The van der Waals surface area contributed by atoms with E-state index in [1.165, 1.54) is 38.1 Å². The first-order chi connectivity index (χ1) is 17.6. The molecule has 4 aromatic rings. The average Bonchev–Trinajstić information content (AvgIpc) is 3.11. The molecule has 0 aliphatic carbocycles. The smallest absolute Gasteiger partial charge is 0.257 e. The molecule has 37 heavy (non-hydrogen) atoms. The van der Waals surface area contributed by atoms with Gasteiger partial charge in [-0.15, -0.1) is 0 Å². The second-order valence-corrected chi connectivity index (χ2v) is 9.01. The molecule has 188 valence electrons. The van der Waals surface area contributed by atoms with Gasteiger partial charge in [0.15, 0.2) is 0 Å². The van der Waals surface area contributed by atoms with Gasteiger partial charge >= 0.3 is 0 Å². The predicted molar refractivity (Wildman–Crippen MR) is 136 cm³/mol. The van der Waals surface area contributed by atoms with Gasteiger partial charge in [0.25, 0.3) is 11.8 Å². The number of fused-ring (bicyclic) bond motifs is 2. The molecule has 0 atom stereocenters. The van der Waals surface area contributed by atoms with E-state index in [0.717, 1.165) is 16.8 Å². The third-order valence-electron chi connectivity index (χ3n) is 6.45. The van der Waals surface area contributed by atoms with Crippen molar-refractivity contribution in [3.05, 3.63) is 87.6 Å². The van der Waals surface area contributed by atoms with Gasteiger partial charge in [0, 0.05) is 23.4 Å². The molecule has 3 heterocycles. The number of hydrogen-bond acceptors (Lipinski definition) is 5. The zero-order valence-electron chi connectivity index (χ0n) is 20.4. The van der Waals surface area contributed by atoms with E-state index in [1.807, 2.05) is 19.1 Å². The van der Waals surface area contributed by atoms with Gasteiger partial charge in [0.1, 0.15) is 34.5 Å². The van der Waals surface area contributed by atoms with Crippen molar-refractivity contribution in [2.75, 3.05) is 10.6 Å². The molecule has 2 aromatic heterocycles. The fourth-order valence-corrected chi connectivity index (χ4v) is 4.49. The van der Waals surface area contributed by atoms with Crippen LogP contribution in [-0.4, -0.2) is 26.6 Å². The Morgan fingerprint density at radius 3 is 2.59 bits per heavy atom. The van der Waals surface area contributed by atoms with E-state index in [9.17, 15) is 14.0 Å². The second-order valence-electron chi connectivity index (χ2n) is 9.01. The van der Waals surface area contributed by atoms with Crippen LogP contribution in [0.3, 0.4) is 0 Å². The zero-order chi connectivity index (χ0) is 26.4. The summed E-state index contributed by atoms with van der Waals surface area (Å²) >= 11 is 0. The third-order valence-corrected chi connectivity index (χ3v) is 6.45. The molecule has 0 spiro atoms. The summed E-state index contributed by atoms with van der Waals surface area (Å²) in [6.45, 7) is 5.40. The van der Waals surface area contributed by atoms with Crippen molar-refractivity contribution in [1.82, 2.24) is 14.8 Å². The van der Waals surface area contributed by atoms with E-state index in [0.29, 0.717) is 18.8 Å². The van der Waals surface area contributed by atoms with Gasteiger partial charge in [-0.3, -0.25) is 9.59 Å². The summed E-state index contributed by atoms with van der Waals surface area (Å²) in [6, 6.07) is 11.3. The molecule has 5 rings (SSSR count). The monoisotopic (exact) mass is 502 g/mol. The largest absolute Gasteiger partial charge is 0.365 e. The number of primary amides is 1. The van der Waals surface area contributed by atoms with E-state index in [-0.39, 0.29) is 39.5 Å². The van der Waals surface area contributed by atoms with Crippen LogP contribution >= 0.6 is 0 Å². The van der Waals surface area contributed by atoms with E-state index in [4.69, 9.17) is 5.73 Å². The van der Waals surface area contributed by atoms with Crippen LogP contribution in [0.2, 0.25) is 0 Å². The van der Waals surface area contributed by atoms with Crippen molar-refractivity contribution in [3.8, 4) is 11.3 Å². The number of carbonyl (C=O) groups is 2. The quantitative estimate of drug-likeness (QED) is 0.371. The van der Waals surface area contributed by atoms with Gasteiger partial charge in [0.2, 0.25) is 0 Å². The van der Waals surface area contributed by atoms with E-state index < -0.39 is 23.4 Å². The number of rotatable bonds is 4. The molecule has 0 bridgehead atoms. The number of nitrogens with zero attached hydrogens (tertiary/aromatic N) is 3. The highest BCUT2D eigenvalue weighted by Gasteiger charge is 2.28. The van der Waals surface area contributed by atoms with Crippen LogP contribution in [0.15, 0.2) is 42.5 Å². The Morgan fingerprint density at radius 2 is 1.86 bits per heavy atom. The number of anilines is 3. The van der Waals surface area contributed by atoms with Crippen LogP contribution in [0.1, 0.15) is 43.1 Å². The lowest BCUT2D eigenvalue weighted by atomic mass is 9.99. The highest BCUT2D eigenvalue weighted by Crippen LogP contribution is 2.36. The average molecular weight is 503 g/mol. The fourth-order valence-electron chi connectivity index (χ4n) is 4.49. The van der Waals surface area contributed by atoms with E-state index in [1.54, 1.807) is 4.68 Å². The van der Waals surface area contributed by atoms with Gasteiger partial charge in [-0.05, 0) is 68.7 Å². The summed E-state index contributed by atoms with van der Waals surface area (Å²) in [7, 11) is 0. The molecule has 0 radical (unpaired) electrons. The van der Waals surface area contributed by atoms with Gasteiger partial charge in [-0.25, -0.2) is 18.4 Å². The lowest BCUT2D eigenvalue weighted by Gasteiger charge is -2.12. The summed E-state index contributed by atoms with van der Waals surface area (Å²) in [5, 5.41) is 10.3. The number of aromatic nitrogens is 3. The Bertz CT molecular complexity index is 1590. The minimum atomic E-state index is -0.754. The maximum atomic E-state index is 15.7. The second kappa shape index (κ2) is 9.12. The lowest BCUT2D eigenvalue weighted by molar-refractivity contribution is 0.0998. The fraction of sp³-hybridized carbons (Fsp3) is 0.185. The molecule has 0 saturated heterocycles. The van der Waals surface area contributed by atoms with Crippen molar-refractivity contribution in [3.63, 3.8) is 0 Å².